The molecule has 5 heteroatoms. The number of phenols is 2. The molecular formula is C16H16O5. The summed E-state index contributed by atoms with van der Waals surface area (Å²) in [7, 11) is 2.81. The van der Waals surface area contributed by atoms with Crippen molar-refractivity contribution in [3.05, 3.63) is 42.0 Å². The van der Waals surface area contributed by atoms with Gasteiger partial charge in [0.25, 0.3) is 0 Å². The molecule has 0 unspecified atom stereocenters. The van der Waals surface area contributed by atoms with Gasteiger partial charge in [0, 0.05) is 17.2 Å². The van der Waals surface area contributed by atoms with Crippen LogP contribution in [0.3, 0.4) is 0 Å². The molecule has 0 bridgehead atoms. The third-order valence-electron chi connectivity index (χ3n) is 3.12. The maximum Gasteiger partial charge on any atom is 0.310 e. The third kappa shape index (κ3) is 3.08. The number of methoxy groups -OCH3 is 2. The molecule has 2 aromatic carbocycles. The normalized spacial score (nSPS) is 10.2. The van der Waals surface area contributed by atoms with Crippen LogP contribution in [0.4, 0.5) is 0 Å². The molecule has 2 N–H and O–H groups in total. The van der Waals surface area contributed by atoms with Crippen LogP contribution in [0.2, 0.25) is 0 Å². The quantitative estimate of drug-likeness (QED) is 0.845. The smallest absolute Gasteiger partial charge is 0.310 e. The monoisotopic (exact) mass is 288 g/mol. The minimum absolute atomic E-state index is 0.0636. The van der Waals surface area contributed by atoms with Crippen molar-refractivity contribution in [3.8, 4) is 28.4 Å². The highest BCUT2D eigenvalue weighted by molar-refractivity contribution is 5.83. The lowest BCUT2D eigenvalue weighted by molar-refractivity contribution is -0.139. The molecule has 5 nitrogen and oxygen atoms in total. The number of ether oxygens (including phenoxy) is 2. The number of esters is 1. The van der Waals surface area contributed by atoms with E-state index >= 15 is 0 Å². The second kappa shape index (κ2) is 6.17. The summed E-state index contributed by atoms with van der Waals surface area (Å²) in [4.78, 5) is 11.5. The fourth-order valence-corrected chi connectivity index (χ4v) is 2.20. The Bertz CT molecular complexity index is 664. The molecule has 0 heterocycles. The molecule has 0 spiro atoms. The SMILES string of the molecule is COC(=O)Cc1cc(O)cc(O)c1-c1ccccc1OC. The molecule has 0 saturated heterocycles. The van der Waals surface area contributed by atoms with Crippen LogP contribution < -0.4 is 4.74 Å². The summed E-state index contributed by atoms with van der Waals surface area (Å²) in [5.41, 5.74) is 1.54. The van der Waals surface area contributed by atoms with Crippen LogP contribution in [0.5, 0.6) is 17.2 Å². The number of carbonyl (C=O) groups excluding carboxylic acids is 1. The van der Waals surface area contributed by atoms with Gasteiger partial charge >= 0.3 is 5.97 Å². The standard InChI is InChI=1S/C16H16O5/c1-20-14-6-4-3-5-12(14)16-10(8-15(19)21-2)7-11(17)9-13(16)18/h3-7,9,17-18H,8H2,1-2H3. The first kappa shape index (κ1) is 14.7. The summed E-state index contributed by atoms with van der Waals surface area (Å²) in [5, 5.41) is 19.8. The van der Waals surface area contributed by atoms with E-state index in [-0.39, 0.29) is 17.9 Å². The van der Waals surface area contributed by atoms with Gasteiger partial charge in [-0.1, -0.05) is 18.2 Å². The first-order chi connectivity index (χ1) is 10.1. The molecule has 0 radical (unpaired) electrons. The second-order valence-corrected chi connectivity index (χ2v) is 4.45. The number of hydrogen-bond acceptors (Lipinski definition) is 5. The summed E-state index contributed by atoms with van der Waals surface area (Å²) < 4.78 is 9.93. The van der Waals surface area contributed by atoms with Gasteiger partial charge in [0.2, 0.25) is 0 Å². The zero-order valence-electron chi connectivity index (χ0n) is 11.8. The highest BCUT2D eigenvalue weighted by Crippen LogP contribution is 2.40. The van der Waals surface area contributed by atoms with Gasteiger partial charge in [0.1, 0.15) is 17.2 Å². The van der Waals surface area contributed by atoms with Gasteiger partial charge in [0.15, 0.2) is 0 Å². The van der Waals surface area contributed by atoms with Gasteiger partial charge in [-0.3, -0.25) is 4.79 Å². The van der Waals surface area contributed by atoms with E-state index in [1.54, 1.807) is 24.3 Å². The lowest BCUT2D eigenvalue weighted by atomic mass is 9.95. The highest BCUT2D eigenvalue weighted by atomic mass is 16.5. The average Bonchev–Trinajstić information content (AvgIpc) is 2.46. The van der Waals surface area contributed by atoms with E-state index in [9.17, 15) is 15.0 Å². The predicted molar refractivity (Wildman–Crippen MR) is 77.5 cm³/mol. The lowest BCUT2D eigenvalue weighted by Gasteiger charge is -2.14. The third-order valence-corrected chi connectivity index (χ3v) is 3.12. The molecule has 21 heavy (non-hydrogen) atoms. The molecule has 2 aromatic rings. The molecule has 0 aliphatic rings. The summed E-state index contributed by atoms with van der Waals surface area (Å²) in [6, 6.07) is 9.78. The first-order valence-electron chi connectivity index (χ1n) is 6.32. The van der Waals surface area contributed by atoms with Crippen molar-refractivity contribution in [2.75, 3.05) is 14.2 Å². The maximum atomic E-state index is 11.5. The van der Waals surface area contributed by atoms with Crippen molar-refractivity contribution in [1.29, 1.82) is 0 Å². The summed E-state index contributed by atoms with van der Waals surface area (Å²) in [6.07, 6.45) is -0.0636. The molecule has 0 saturated carbocycles. The molecule has 0 aromatic heterocycles. The Morgan fingerprint density at radius 2 is 1.86 bits per heavy atom. The van der Waals surface area contributed by atoms with Crippen molar-refractivity contribution < 1.29 is 24.5 Å². The number of rotatable bonds is 4. The Hall–Kier alpha value is -2.69. The van der Waals surface area contributed by atoms with Crippen LogP contribution in [-0.2, 0) is 16.0 Å². The highest BCUT2D eigenvalue weighted by Gasteiger charge is 2.18. The summed E-state index contributed by atoms with van der Waals surface area (Å²) in [5.74, 6) is -0.149. The van der Waals surface area contributed by atoms with E-state index < -0.39 is 5.97 Å². The van der Waals surface area contributed by atoms with Crippen LogP contribution >= 0.6 is 0 Å². The number of aromatic hydroxyl groups is 2. The average molecular weight is 288 g/mol. The minimum Gasteiger partial charge on any atom is -0.508 e. The van der Waals surface area contributed by atoms with Crippen LogP contribution in [0.1, 0.15) is 5.56 Å². The molecule has 0 aliphatic carbocycles. The van der Waals surface area contributed by atoms with Gasteiger partial charge in [-0.25, -0.2) is 0 Å². The van der Waals surface area contributed by atoms with Crippen LogP contribution in [0.25, 0.3) is 11.1 Å². The Labute approximate surface area is 122 Å². The van der Waals surface area contributed by atoms with Crippen molar-refractivity contribution in [2.24, 2.45) is 0 Å². The molecule has 0 fully saturated rings. The molecule has 0 amide bonds. The van der Waals surface area contributed by atoms with Gasteiger partial charge in [-0.05, 0) is 17.7 Å². The number of phenolic OH excluding ortho intramolecular Hbond substituents is 2. The summed E-state index contributed by atoms with van der Waals surface area (Å²) in [6.45, 7) is 0. The Morgan fingerprint density at radius 3 is 2.52 bits per heavy atom. The molecule has 0 atom stereocenters. The van der Waals surface area contributed by atoms with E-state index in [1.807, 2.05) is 0 Å². The van der Waals surface area contributed by atoms with Crippen molar-refractivity contribution >= 4 is 5.97 Å². The topological polar surface area (TPSA) is 76.0 Å². The van der Waals surface area contributed by atoms with Gasteiger partial charge in [-0.15, -0.1) is 0 Å². The van der Waals surface area contributed by atoms with Crippen LogP contribution in [0.15, 0.2) is 36.4 Å². The van der Waals surface area contributed by atoms with E-state index in [4.69, 9.17) is 4.74 Å². The van der Waals surface area contributed by atoms with Crippen molar-refractivity contribution in [1.82, 2.24) is 0 Å². The Balaban J connectivity index is 2.63. The molecule has 2 rings (SSSR count). The first-order valence-corrected chi connectivity index (χ1v) is 6.32. The fourth-order valence-electron chi connectivity index (χ4n) is 2.20. The van der Waals surface area contributed by atoms with Crippen molar-refractivity contribution in [2.45, 2.75) is 6.42 Å². The molecular weight excluding hydrogens is 272 g/mol. The zero-order chi connectivity index (χ0) is 15.4. The Kier molecular flexibility index (Phi) is 4.33. The Morgan fingerprint density at radius 1 is 1.14 bits per heavy atom. The van der Waals surface area contributed by atoms with E-state index in [0.717, 1.165) is 0 Å². The van der Waals surface area contributed by atoms with E-state index in [1.165, 1.54) is 26.4 Å². The largest absolute Gasteiger partial charge is 0.508 e. The number of benzene rings is 2. The van der Waals surface area contributed by atoms with Crippen LogP contribution in [0, 0.1) is 0 Å². The van der Waals surface area contributed by atoms with E-state index in [2.05, 4.69) is 4.74 Å². The molecule has 0 aliphatic heterocycles. The van der Waals surface area contributed by atoms with Gasteiger partial charge < -0.3 is 19.7 Å². The van der Waals surface area contributed by atoms with Crippen molar-refractivity contribution in [3.63, 3.8) is 0 Å². The second-order valence-electron chi connectivity index (χ2n) is 4.45. The zero-order valence-corrected chi connectivity index (χ0v) is 11.8. The fraction of sp³-hybridized carbons (Fsp3) is 0.188. The predicted octanol–water partition coefficient (Wildman–Crippen LogP) is 2.49. The number of hydrogen-bond donors (Lipinski definition) is 2. The summed E-state index contributed by atoms with van der Waals surface area (Å²) >= 11 is 0. The van der Waals surface area contributed by atoms with Gasteiger partial charge in [0.05, 0.1) is 20.6 Å². The van der Waals surface area contributed by atoms with E-state index in [0.29, 0.717) is 22.4 Å². The van der Waals surface area contributed by atoms with Crippen LogP contribution in [-0.4, -0.2) is 30.4 Å². The number of para-hydroxylation sites is 1. The minimum atomic E-state index is -0.462. The number of carbonyl (C=O) groups is 1. The van der Waals surface area contributed by atoms with Gasteiger partial charge in [-0.2, -0.15) is 0 Å². The maximum absolute atomic E-state index is 11.5. The molecule has 110 valence electrons. The lowest BCUT2D eigenvalue weighted by Crippen LogP contribution is -2.06.